The van der Waals surface area contributed by atoms with Gasteiger partial charge in [-0.1, -0.05) is 30.3 Å². The molecule has 7 heteroatoms. The fraction of sp³-hybridized carbons (Fsp3) is 0.176. The van der Waals surface area contributed by atoms with E-state index in [0.29, 0.717) is 0 Å². The first-order valence-corrected chi connectivity index (χ1v) is 7.26. The van der Waals surface area contributed by atoms with E-state index < -0.39 is 16.8 Å². The minimum atomic E-state index is -0.718. The Labute approximate surface area is 138 Å². The SMILES string of the molecule is CCOC(=O)c1cccc([N+](=O)[O-])c1NC(C)=O.c1cc2ccc1-2. The van der Waals surface area contributed by atoms with Gasteiger partial charge in [0.2, 0.25) is 5.91 Å². The van der Waals surface area contributed by atoms with Crippen molar-refractivity contribution in [3.63, 3.8) is 0 Å². The van der Waals surface area contributed by atoms with Crippen molar-refractivity contribution in [3.8, 4) is 11.1 Å². The minimum Gasteiger partial charge on any atom is -0.462 e. The van der Waals surface area contributed by atoms with Gasteiger partial charge in [0.05, 0.1) is 17.1 Å². The van der Waals surface area contributed by atoms with E-state index in [1.54, 1.807) is 6.92 Å². The highest BCUT2D eigenvalue weighted by Gasteiger charge is 2.23. The summed E-state index contributed by atoms with van der Waals surface area (Å²) < 4.78 is 4.77. The van der Waals surface area contributed by atoms with E-state index in [1.807, 2.05) is 0 Å². The Balaban J connectivity index is 0.000000282. The van der Waals surface area contributed by atoms with Gasteiger partial charge in [-0.2, -0.15) is 0 Å². The van der Waals surface area contributed by atoms with E-state index in [9.17, 15) is 19.7 Å². The number of ether oxygens (including phenoxy) is 1. The van der Waals surface area contributed by atoms with Crippen LogP contribution in [0.1, 0.15) is 24.2 Å². The van der Waals surface area contributed by atoms with Crippen molar-refractivity contribution in [3.05, 3.63) is 58.1 Å². The molecule has 2 aliphatic carbocycles. The monoisotopic (exact) mass is 328 g/mol. The highest BCUT2D eigenvalue weighted by atomic mass is 16.6. The standard InChI is InChI=1S/C11H12N2O5.C6H4/c1-3-18-11(15)8-5-4-6-9(13(16)17)10(8)12-7(2)14;1-2-6-4-3-5(1)6/h4-6H,3H2,1-2H3,(H,12,14);1-4H. The molecule has 0 aliphatic heterocycles. The van der Waals surface area contributed by atoms with Crippen LogP contribution < -0.4 is 5.32 Å². The summed E-state index contributed by atoms with van der Waals surface area (Å²) >= 11 is 0. The number of esters is 1. The molecule has 1 N–H and O–H groups in total. The second kappa shape index (κ2) is 7.36. The summed E-state index contributed by atoms with van der Waals surface area (Å²) in [6.07, 6.45) is 0. The fourth-order valence-corrected chi connectivity index (χ4v) is 2.04. The van der Waals surface area contributed by atoms with E-state index in [4.69, 9.17) is 4.74 Å². The summed E-state index contributed by atoms with van der Waals surface area (Å²) in [6, 6.07) is 12.4. The smallest absolute Gasteiger partial charge is 0.340 e. The number of carbonyl (C=O) groups is 2. The molecule has 1 aromatic rings. The van der Waals surface area contributed by atoms with Gasteiger partial charge in [0.25, 0.3) is 5.69 Å². The van der Waals surface area contributed by atoms with Crippen molar-refractivity contribution in [2.75, 3.05) is 11.9 Å². The van der Waals surface area contributed by atoms with Crippen LogP contribution >= 0.6 is 0 Å². The van der Waals surface area contributed by atoms with Gasteiger partial charge >= 0.3 is 5.97 Å². The summed E-state index contributed by atoms with van der Waals surface area (Å²) in [5.41, 5.74) is 2.32. The molecule has 0 saturated carbocycles. The lowest BCUT2D eigenvalue weighted by Crippen LogP contribution is -2.14. The quantitative estimate of drug-likeness (QED) is 0.449. The molecule has 1 amide bonds. The zero-order valence-corrected chi connectivity index (χ0v) is 13.2. The Morgan fingerprint density at radius 2 is 1.71 bits per heavy atom. The van der Waals surface area contributed by atoms with Gasteiger partial charge in [-0.3, -0.25) is 14.9 Å². The molecule has 0 atom stereocenters. The first kappa shape index (κ1) is 17.1. The number of para-hydroxylation sites is 1. The predicted octanol–water partition coefficient (Wildman–Crippen LogP) is 3.40. The molecule has 7 nitrogen and oxygen atoms in total. The van der Waals surface area contributed by atoms with Crippen LogP contribution in [0.15, 0.2) is 42.5 Å². The van der Waals surface area contributed by atoms with Gasteiger partial charge in [-0.15, -0.1) is 0 Å². The average Bonchev–Trinajstić information content (AvgIpc) is 2.51. The van der Waals surface area contributed by atoms with Crippen molar-refractivity contribution < 1.29 is 19.2 Å². The molecule has 0 radical (unpaired) electrons. The van der Waals surface area contributed by atoms with Crippen LogP contribution in [-0.2, 0) is 9.53 Å². The second-order valence-corrected chi connectivity index (χ2v) is 4.94. The molecular weight excluding hydrogens is 312 g/mol. The van der Waals surface area contributed by atoms with E-state index >= 15 is 0 Å². The molecule has 0 aromatic heterocycles. The third kappa shape index (κ3) is 3.75. The van der Waals surface area contributed by atoms with Crippen LogP contribution in [0.5, 0.6) is 0 Å². The van der Waals surface area contributed by atoms with Crippen molar-refractivity contribution >= 4 is 23.3 Å². The molecule has 2 aliphatic rings. The van der Waals surface area contributed by atoms with Crippen molar-refractivity contribution in [2.45, 2.75) is 13.8 Å². The van der Waals surface area contributed by atoms with Gasteiger partial charge in [-0.25, -0.2) is 4.79 Å². The fourth-order valence-electron chi connectivity index (χ4n) is 2.04. The highest BCUT2D eigenvalue weighted by Crippen LogP contribution is 2.29. The Kier molecular flexibility index (Phi) is 5.26. The molecular formula is C17H16N2O5. The number of rotatable bonds is 4. The number of hydrogen-bond donors (Lipinski definition) is 1. The Bertz CT molecular complexity index is 763. The molecule has 0 fully saturated rings. The van der Waals surface area contributed by atoms with Gasteiger partial charge in [0.1, 0.15) is 5.69 Å². The molecule has 0 saturated heterocycles. The number of nitrogens with one attached hydrogen (secondary N) is 1. The molecule has 0 unspecified atom stereocenters. The first-order valence-electron chi connectivity index (χ1n) is 7.26. The maximum Gasteiger partial charge on any atom is 0.340 e. The molecule has 0 heterocycles. The Hall–Kier alpha value is -3.22. The topological polar surface area (TPSA) is 98.5 Å². The van der Waals surface area contributed by atoms with Gasteiger partial charge < -0.3 is 10.1 Å². The lowest BCUT2D eigenvalue weighted by atomic mass is 9.95. The largest absolute Gasteiger partial charge is 0.462 e. The van der Waals surface area contributed by atoms with Crippen LogP contribution in [0.4, 0.5) is 11.4 Å². The van der Waals surface area contributed by atoms with Gasteiger partial charge in [0, 0.05) is 13.0 Å². The van der Waals surface area contributed by atoms with E-state index in [2.05, 4.69) is 29.6 Å². The second-order valence-electron chi connectivity index (χ2n) is 4.94. The zero-order valence-electron chi connectivity index (χ0n) is 13.2. The number of benzene rings is 2. The number of amides is 1. The molecule has 24 heavy (non-hydrogen) atoms. The van der Waals surface area contributed by atoms with Crippen LogP contribution in [0.3, 0.4) is 0 Å². The normalized spacial score (nSPS) is 10.1. The zero-order chi connectivity index (χ0) is 17.7. The lowest BCUT2D eigenvalue weighted by molar-refractivity contribution is -0.384. The number of nitro groups is 1. The van der Waals surface area contributed by atoms with Crippen LogP contribution in [0, 0.1) is 10.1 Å². The number of fused-ring (bicyclic) bond motifs is 1. The molecule has 0 bridgehead atoms. The molecule has 0 spiro atoms. The minimum absolute atomic E-state index is 0.0405. The third-order valence-electron chi connectivity index (χ3n) is 3.25. The van der Waals surface area contributed by atoms with Crippen molar-refractivity contribution in [1.82, 2.24) is 0 Å². The summed E-state index contributed by atoms with van der Waals surface area (Å²) in [5.74, 6) is -1.22. The summed E-state index contributed by atoms with van der Waals surface area (Å²) in [4.78, 5) is 32.8. The maximum atomic E-state index is 11.6. The van der Waals surface area contributed by atoms with Crippen molar-refractivity contribution in [1.29, 1.82) is 0 Å². The van der Waals surface area contributed by atoms with Crippen molar-refractivity contribution in [2.24, 2.45) is 0 Å². The molecule has 3 rings (SSSR count). The number of nitrogens with zero attached hydrogens (tertiary/aromatic N) is 1. The maximum absolute atomic E-state index is 11.6. The van der Waals surface area contributed by atoms with Gasteiger partial charge in [0.15, 0.2) is 0 Å². The first-order chi connectivity index (χ1) is 11.4. The highest BCUT2D eigenvalue weighted by molar-refractivity contribution is 6.03. The summed E-state index contributed by atoms with van der Waals surface area (Å²) in [5, 5.41) is 13.1. The lowest BCUT2D eigenvalue weighted by Gasteiger charge is -2.10. The molecule has 1 aromatic carbocycles. The van der Waals surface area contributed by atoms with Gasteiger partial charge in [-0.05, 0) is 24.1 Å². The Morgan fingerprint density at radius 3 is 2.08 bits per heavy atom. The molecule has 124 valence electrons. The van der Waals surface area contributed by atoms with E-state index in [-0.39, 0.29) is 23.5 Å². The average molecular weight is 328 g/mol. The number of anilines is 1. The third-order valence-corrected chi connectivity index (χ3v) is 3.25. The van der Waals surface area contributed by atoms with E-state index in [0.717, 1.165) is 0 Å². The van der Waals surface area contributed by atoms with Crippen LogP contribution in [-0.4, -0.2) is 23.4 Å². The number of nitro benzene ring substituents is 1. The van der Waals surface area contributed by atoms with Crippen LogP contribution in [0.2, 0.25) is 0 Å². The Morgan fingerprint density at radius 1 is 1.12 bits per heavy atom. The van der Waals surface area contributed by atoms with E-state index in [1.165, 1.54) is 36.2 Å². The summed E-state index contributed by atoms with van der Waals surface area (Å²) in [7, 11) is 0. The van der Waals surface area contributed by atoms with Crippen LogP contribution in [0.25, 0.3) is 11.1 Å². The number of hydrogen-bond acceptors (Lipinski definition) is 5. The predicted molar refractivity (Wildman–Crippen MR) is 88.8 cm³/mol. The number of carbonyl (C=O) groups excluding carboxylic acids is 2. The summed E-state index contributed by atoms with van der Waals surface area (Å²) in [6.45, 7) is 2.96.